The van der Waals surface area contributed by atoms with E-state index in [2.05, 4.69) is 26.8 Å². The summed E-state index contributed by atoms with van der Waals surface area (Å²) in [5, 5.41) is 0. The van der Waals surface area contributed by atoms with Gasteiger partial charge in [0.15, 0.2) is 0 Å². The van der Waals surface area contributed by atoms with Gasteiger partial charge in [0, 0.05) is 0 Å². The molecule has 468 valence electrons. The number of aryl methyl sites for hydroxylation is 2. The summed E-state index contributed by atoms with van der Waals surface area (Å²) >= 11 is 0. The molecule has 0 N–H and O–H groups in total. The van der Waals surface area contributed by atoms with Crippen LogP contribution >= 0.6 is 0 Å². The van der Waals surface area contributed by atoms with Gasteiger partial charge in [-0.15, -0.1) is 0 Å². The van der Waals surface area contributed by atoms with Gasteiger partial charge in [-0.05, 0) is 67.3 Å². The van der Waals surface area contributed by atoms with Crippen molar-refractivity contribution in [3.8, 4) is 0 Å². The quantitative estimate of drug-likeness (QED) is 0.0370. The van der Waals surface area contributed by atoms with Gasteiger partial charge in [0.05, 0.1) is 9.79 Å². The first-order valence-electron chi connectivity index (χ1n) is 35.2. The molecule has 0 heterocycles. The van der Waals surface area contributed by atoms with Crippen molar-refractivity contribution in [3.05, 3.63) is 59.2 Å². The van der Waals surface area contributed by atoms with Crippen molar-refractivity contribution < 1.29 is 74.4 Å². The molecular formula is C72H130LiNaO6S2. The van der Waals surface area contributed by atoms with Crippen molar-refractivity contribution in [1.29, 1.82) is 0 Å². The fraction of sp³-hybridized carbons (Fsp3) is 0.833. The van der Waals surface area contributed by atoms with E-state index in [4.69, 9.17) is 0 Å². The van der Waals surface area contributed by atoms with E-state index in [1.165, 1.54) is 327 Å². The first-order chi connectivity index (χ1) is 39.1. The molecule has 0 aliphatic rings. The average molecular weight is 1190 g/mol. The van der Waals surface area contributed by atoms with Crippen LogP contribution in [0.3, 0.4) is 0 Å². The fourth-order valence-corrected chi connectivity index (χ4v) is 13.5. The van der Waals surface area contributed by atoms with Crippen LogP contribution < -0.4 is 48.4 Å². The predicted molar refractivity (Wildman–Crippen MR) is 346 cm³/mol. The Balaban J connectivity index is 0. The first-order valence-corrected chi connectivity index (χ1v) is 38.0. The van der Waals surface area contributed by atoms with Crippen LogP contribution in [-0.4, -0.2) is 25.9 Å². The molecule has 0 spiro atoms. The minimum Gasteiger partial charge on any atom is -0.744 e. The summed E-state index contributed by atoms with van der Waals surface area (Å²) < 4.78 is 70.1. The Kier molecular flexibility index (Phi) is 63.9. The molecule has 0 unspecified atom stereocenters. The van der Waals surface area contributed by atoms with Crippen LogP contribution in [0, 0.1) is 0 Å². The van der Waals surface area contributed by atoms with Crippen molar-refractivity contribution in [1.82, 2.24) is 0 Å². The molecule has 2 rings (SSSR count). The van der Waals surface area contributed by atoms with Crippen LogP contribution in [0.5, 0.6) is 0 Å². The molecule has 10 heteroatoms. The molecule has 0 aliphatic heterocycles. The van der Waals surface area contributed by atoms with E-state index < -0.39 is 20.2 Å². The topological polar surface area (TPSA) is 114 Å². The van der Waals surface area contributed by atoms with E-state index in [1.807, 2.05) is 0 Å². The van der Waals surface area contributed by atoms with Crippen LogP contribution in [-0.2, 0) is 39.5 Å². The summed E-state index contributed by atoms with van der Waals surface area (Å²) in [4.78, 5) is -0.0127. The second-order valence-corrected chi connectivity index (χ2v) is 27.4. The smallest absolute Gasteiger partial charge is 0.744 e. The Morgan fingerprint density at radius 2 is 0.451 bits per heavy atom. The van der Waals surface area contributed by atoms with E-state index in [1.54, 1.807) is 24.3 Å². The summed E-state index contributed by atoms with van der Waals surface area (Å²) in [6.07, 6.45) is 75.0. The summed E-state index contributed by atoms with van der Waals surface area (Å²) in [5.74, 6) is 0. The molecule has 0 fully saturated rings. The van der Waals surface area contributed by atoms with Gasteiger partial charge in [-0.1, -0.05) is 379 Å². The van der Waals surface area contributed by atoms with Gasteiger partial charge >= 0.3 is 48.4 Å². The van der Waals surface area contributed by atoms with Crippen LogP contribution in [0.4, 0.5) is 0 Å². The van der Waals surface area contributed by atoms with Crippen molar-refractivity contribution in [3.63, 3.8) is 0 Å². The number of rotatable bonds is 59. The van der Waals surface area contributed by atoms with Gasteiger partial charge in [0.25, 0.3) is 0 Å². The summed E-state index contributed by atoms with van der Waals surface area (Å²) in [6.45, 7) is 6.85. The zero-order valence-electron chi connectivity index (χ0n) is 55.1. The van der Waals surface area contributed by atoms with Gasteiger partial charge in [-0.2, -0.15) is 0 Å². The molecule has 0 aromatic heterocycles. The Morgan fingerprint density at radius 1 is 0.256 bits per heavy atom. The van der Waals surface area contributed by atoms with E-state index in [9.17, 15) is 25.9 Å². The van der Waals surface area contributed by atoms with E-state index in [0.717, 1.165) is 49.7 Å². The van der Waals surface area contributed by atoms with Gasteiger partial charge in [-0.25, -0.2) is 16.8 Å². The molecular weight excluding hydrogens is 1050 g/mol. The monoisotopic (exact) mass is 1180 g/mol. The molecule has 0 bridgehead atoms. The van der Waals surface area contributed by atoms with E-state index in [-0.39, 0.29) is 58.2 Å². The van der Waals surface area contributed by atoms with E-state index >= 15 is 0 Å². The predicted octanol–water partition coefficient (Wildman–Crippen LogP) is 17.9. The molecule has 2 aromatic carbocycles. The van der Waals surface area contributed by atoms with Gasteiger partial charge in [-0.3, -0.25) is 0 Å². The maximum Gasteiger partial charge on any atom is 1.00 e. The molecule has 0 aliphatic carbocycles. The Labute approximate surface area is 545 Å². The third-order valence-electron chi connectivity index (χ3n) is 17.1. The van der Waals surface area contributed by atoms with Crippen molar-refractivity contribution in [2.75, 3.05) is 0 Å². The third-order valence-corrected chi connectivity index (χ3v) is 19.0. The zero-order chi connectivity index (χ0) is 58.1. The maximum absolute atomic E-state index is 12.1. The van der Waals surface area contributed by atoms with Gasteiger partial charge in [0.1, 0.15) is 20.2 Å². The van der Waals surface area contributed by atoms with E-state index in [0.29, 0.717) is 18.4 Å². The van der Waals surface area contributed by atoms with Crippen molar-refractivity contribution >= 4 is 20.2 Å². The van der Waals surface area contributed by atoms with Crippen LogP contribution in [0.2, 0.25) is 0 Å². The molecule has 2 aromatic rings. The second kappa shape index (κ2) is 62.5. The largest absolute Gasteiger partial charge is 1.00 e. The number of hydrogen-bond acceptors (Lipinski definition) is 6. The van der Waals surface area contributed by atoms with Crippen molar-refractivity contribution in [2.24, 2.45) is 0 Å². The van der Waals surface area contributed by atoms with Crippen LogP contribution in [0.25, 0.3) is 0 Å². The Hall–Kier alpha value is -0.143. The average Bonchev–Trinajstić information content (AvgIpc) is 3.60. The van der Waals surface area contributed by atoms with Crippen LogP contribution in [0.1, 0.15) is 384 Å². The molecule has 0 saturated carbocycles. The normalized spacial score (nSPS) is 11.6. The first kappa shape index (κ1) is 83.9. The SMILES string of the molecule is CCCCCCCCCCCCCCCCCCCCCCc1ccccc1S(=O)(=O)[O-].CCCCCCCCCCCCCCCCCCCc1cccc(S(=O)(=O)[O-])c1CCCCCCCCCCCCCCCCCCC.[Li+].[Na+]. The molecule has 0 radical (unpaired) electrons. The molecule has 82 heavy (non-hydrogen) atoms. The van der Waals surface area contributed by atoms with Crippen LogP contribution in [0.15, 0.2) is 52.3 Å². The zero-order valence-corrected chi connectivity index (χ0v) is 58.7. The molecule has 6 nitrogen and oxygen atoms in total. The van der Waals surface area contributed by atoms with Gasteiger partial charge < -0.3 is 9.11 Å². The minimum atomic E-state index is -4.44. The number of benzene rings is 2. The molecule has 0 saturated heterocycles. The fourth-order valence-electron chi connectivity index (χ4n) is 12.0. The summed E-state index contributed by atoms with van der Waals surface area (Å²) in [7, 11) is -8.80. The minimum absolute atomic E-state index is 0. The second-order valence-electron chi connectivity index (χ2n) is 24.7. The standard InChI is InChI=1S/C44H82O3S.C28H50O3S.Li.Na/c1-3-5-7-9-11-13-15-17-19-21-23-25-27-29-31-33-35-38-42-39-37-41-44(48(45,46)47)43(42)40-36-34-32-30-28-26-24-22-20-18-16-14-12-10-8-6-4-2;1-2-3-4-5-6-7-8-9-10-11-12-13-14-15-16-17-18-19-20-21-24-27-25-22-23-26-28(27)32(29,30)31;;/h37,39,41H,3-36,38,40H2,1-2H3,(H,45,46,47);22-23,25-26H,2-21,24H2,1H3,(H,29,30,31);;/q;;2*+1/p-2. The summed E-state index contributed by atoms with van der Waals surface area (Å²) in [6, 6.07) is 12.0. The molecule has 0 amide bonds. The maximum atomic E-state index is 12.1. The molecule has 0 atom stereocenters. The summed E-state index contributed by atoms with van der Waals surface area (Å²) in [5.41, 5.74) is 2.57. The Morgan fingerprint density at radius 3 is 0.707 bits per heavy atom. The number of unbranched alkanes of at least 4 members (excludes halogenated alkanes) is 51. The number of hydrogen-bond donors (Lipinski definition) is 0. The third kappa shape index (κ3) is 52.9. The Bertz CT molecular complexity index is 1860. The van der Waals surface area contributed by atoms with Gasteiger partial charge in [0.2, 0.25) is 0 Å². The van der Waals surface area contributed by atoms with Crippen molar-refractivity contribution in [2.45, 2.75) is 397 Å².